The highest BCUT2D eigenvalue weighted by Crippen LogP contribution is 2.27. The normalized spacial score (nSPS) is 11.2. The number of anilines is 1. The van der Waals surface area contributed by atoms with Crippen LogP contribution < -0.4 is 9.46 Å². The first-order valence-electron chi connectivity index (χ1n) is 6.36. The summed E-state index contributed by atoms with van der Waals surface area (Å²) in [6.07, 6.45) is 2.66. The number of benzene rings is 1. The summed E-state index contributed by atoms with van der Waals surface area (Å²) in [5.74, 6) is 0.592. The van der Waals surface area contributed by atoms with Gasteiger partial charge in [0, 0.05) is 0 Å². The third-order valence-electron chi connectivity index (χ3n) is 2.65. The van der Waals surface area contributed by atoms with Crippen LogP contribution >= 0.6 is 22.9 Å². The molecular formula is C14H10ClN3O3S2. The number of thiophene rings is 1. The van der Waals surface area contributed by atoms with Crippen LogP contribution in [0.2, 0.25) is 4.34 Å². The summed E-state index contributed by atoms with van der Waals surface area (Å²) in [6, 6.07) is 12.1. The van der Waals surface area contributed by atoms with Crippen molar-refractivity contribution in [1.29, 1.82) is 0 Å². The van der Waals surface area contributed by atoms with E-state index in [9.17, 15) is 8.42 Å². The molecule has 0 bridgehead atoms. The van der Waals surface area contributed by atoms with Crippen molar-refractivity contribution in [3.05, 3.63) is 59.2 Å². The van der Waals surface area contributed by atoms with E-state index in [-0.39, 0.29) is 15.9 Å². The van der Waals surface area contributed by atoms with Gasteiger partial charge in [0.1, 0.15) is 9.96 Å². The van der Waals surface area contributed by atoms with Crippen molar-refractivity contribution in [3.8, 4) is 11.8 Å². The molecule has 0 atom stereocenters. The Hall–Kier alpha value is -2.16. The lowest BCUT2D eigenvalue weighted by molar-refractivity contribution is 0.442. The van der Waals surface area contributed by atoms with Crippen molar-refractivity contribution in [2.75, 3.05) is 4.72 Å². The average Bonchev–Trinajstić information content (AvgIpc) is 2.98. The minimum absolute atomic E-state index is 0.118. The van der Waals surface area contributed by atoms with Gasteiger partial charge in [0.2, 0.25) is 0 Å². The molecule has 2 aromatic heterocycles. The monoisotopic (exact) mass is 367 g/mol. The fourth-order valence-corrected chi connectivity index (χ4v) is 4.17. The SMILES string of the molecule is O=S(=O)(Nc1cnc(Oc2ccccc2)nc1)c1ccc(Cl)s1. The summed E-state index contributed by atoms with van der Waals surface area (Å²) in [5.41, 5.74) is 0.231. The van der Waals surface area contributed by atoms with Gasteiger partial charge in [0.25, 0.3) is 10.0 Å². The van der Waals surface area contributed by atoms with Crippen LogP contribution in [0, 0.1) is 0 Å². The van der Waals surface area contributed by atoms with Gasteiger partial charge in [-0.25, -0.2) is 18.4 Å². The highest BCUT2D eigenvalue weighted by atomic mass is 35.5. The molecule has 0 radical (unpaired) electrons. The van der Waals surface area contributed by atoms with Gasteiger partial charge in [-0.1, -0.05) is 29.8 Å². The number of ether oxygens (including phenoxy) is 1. The highest BCUT2D eigenvalue weighted by Gasteiger charge is 2.17. The Morgan fingerprint density at radius 1 is 1.04 bits per heavy atom. The average molecular weight is 368 g/mol. The molecule has 23 heavy (non-hydrogen) atoms. The van der Waals surface area contributed by atoms with E-state index in [2.05, 4.69) is 14.7 Å². The zero-order valence-electron chi connectivity index (χ0n) is 11.5. The smallest absolute Gasteiger partial charge is 0.322 e. The zero-order chi connectivity index (χ0) is 16.3. The molecule has 0 saturated heterocycles. The number of rotatable bonds is 5. The van der Waals surface area contributed by atoms with Crippen LogP contribution in [0.15, 0.2) is 59.1 Å². The number of hydrogen-bond acceptors (Lipinski definition) is 6. The van der Waals surface area contributed by atoms with Gasteiger partial charge in [-0.15, -0.1) is 11.3 Å². The van der Waals surface area contributed by atoms with Crippen LogP contribution in [0.25, 0.3) is 0 Å². The van der Waals surface area contributed by atoms with Crippen molar-refractivity contribution in [1.82, 2.24) is 9.97 Å². The number of para-hydroxylation sites is 1. The van der Waals surface area contributed by atoms with Crippen LogP contribution in [-0.4, -0.2) is 18.4 Å². The van der Waals surface area contributed by atoms with E-state index >= 15 is 0 Å². The van der Waals surface area contributed by atoms with E-state index in [4.69, 9.17) is 16.3 Å². The van der Waals surface area contributed by atoms with Crippen LogP contribution in [0.3, 0.4) is 0 Å². The molecule has 9 heteroatoms. The van der Waals surface area contributed by atoms with Crippen LogP contribution in [0.4, 0.5) is 5.69 Å². The van der Waals surface area contributed by atoms with E-state index in [1.807, 2.05) is 18.2 Å². The summed E-state index contributed by atoms with van der Waals surface area (Å²) >= 11 is 6.72. The van der Waals surface area contributed by atoms with Gasteiger partial charge < -0.3 is 4.74 Å². The molecule has 3 rings (SSSR count). The summed E-state index contributed by atoms with van der Waals surface area (Å²) in [5, 5.41) is 0. The minimum Gasteiger partial charge on any atom is -0.424 e. The molecule has 0 unspecified atom stereocenters. The first-order valence-corrected chi connectivity index (χ1v) is 9.04. The van der Waals surface area contributed by atoms with Gasteiger partial charge in [0.15, 0.2) is 0 Å². The highest BCUT2D eigenvalue weighted by molar-refractivity contribution is 7.94. The summed E-state index contributed by atoms with van der Waals surface area (Å²) in [6.45, 7) is 0. The second-order valence-electron chi connectivity index (χ2n) is 4.33. The third kappa shape index (κ3) is 3.98. The molecule has 118 valence electrons. The van der Waals surface area contributed by atoms with Crippen molar-refractivity contribution in [2.45, 2.75) is 4.21 Å². The molecule has 0 amide bonds. The summed E-state index contributed by atoms with van der Waals surface area (Å²) < 4.78 is 32.6. The molecule has 0 fully saturated rings. The minimum atomic E-state index is -3.70. The first-order chi connectivity index (χ1) is 11.0. The number of aromatic nitrogens is 2. The Kier molecular flexibility index (Phi) is 4.46. The van der Waals surface area contributed by atoms with Crippen molar-refractivity contribution in [3.63, 3.8) is 0 Å². The largest absolute Gasteiger partial charge is 0.424 e. The number of sulfonamides is 1. The number of hydrogen-bond donors (Lipinski definition) is 1. The Morgan fingerprint density at radius 2 is 1.74 bits per heavy atom. The molecule has 1 aromatic carbocycles. The molecule has 0 aliphatic rings. The maximum Gasteiger partial charge on any atom is 0.322 e. The van der Waals surface area contributed by atoms with Crippen LogP contribution in [0.1, 0.15) is 0 Å². The molecule has 0 saturated carbocycles. The van der Waals surface area contributed by atoms with Gasteiger partial charge in [-0.3, -0.25) is 4.72 Å². The number of nitrogens with zero attached hydrogens (tertiary/aromatic N) is 2. The fraction of sp³-hybridized carbons (Fsp3) is 0. The lowest BCUT2D eigenvalue weighted by atomic mass is 10.3. The van der Waals surface area contributed by atoms with E-state index in [0.717, 1.165) is 11.3 Å². The molecule has 2 heterocycles. The molecule has 0 aliphatic carbocycles. The molecule has 0 aliphatic heterocycles. The molecule has 1 N–H and O–H groups in total. The van der Waals surface area contributed by atoms with E-state index < -0.39 is 10.0 Å². The zero-order valence-corrected chi connectivity index (χ0v) is 13.9. The molecule has 0 spiro atoms. The second kappa shape index (κ2) is 6.53. The van der Waals surface area contributed by atoms with Crippen LogP contribution in [-0.2, 0) is 10.0 Å². The Bertz CT molecular complexity index is 897. The number of halogens is 1. The van der Waals surface area contributed by atoms with Crippen molar-refractivity contribution >= 4 is 38.6 Å². The first kappa shape index (κ1) is 15.7. The lowest BCUT2D eigenvalue weighted by Crippen LogP contribution is -2.11. The third-order valence-corrected chi connectivity index (χ3v) is 5.75. The predicted molar refractivity (Wildman–Crippen MR) is 88.7 cm³/mol. The Balaban J connectivity index is 1.72. The van der Waals surface area contributed by atoms with E-state index in [1.54, 1.807) is 12.1 Å². The van der Waals surface area contributed by atoms with Gasteiger partial charge in [-0.05, 0) is 24.3 Å². The topological polar surface area (TPSA) is 81.2 Å². The van der Waals surface area contributed by atoms with Gasteiger partial charge in [-0.2, -0.15) is 0 Å². The van der Waals surface area contributed by atoms with Crippen molar-refractivity contribution < 1.29 is 13.2 Å². The quantitative estimate of drug-likeness (QED) is 0.742. The maximum absolute atomic E-state index is 12.1. The van der Waals surface area contributed by atoms with E-state index in [1.165, 1.54) is 24.5 Å². The van der Waals surface area contributed by atoms with Gasteiger partial charge in [0.05, 0.1) is 22.4 Å². The number of nitrogens with one attached hydrogen (secondary N) is 1. The van der Waals surface area contributed by atoms with Crippen LogP contribution in [0.5, 0.6) is 11.8 Å². The maximum atomic E-state index is 12.1. The molecule has 6 nitrogen and oxygen atoms in total. The Labute approximate surface area is 141 Å². The van der Waals surface area contributed by atoms with Crippen molar-refractivity contribution in [2.24, 2.45) is 0 Å². The summed E-state index contributed by atoms with van der Waals surface area (Å²) in [7, 11) is -3.70. The molecule has 3 aromatic rings. The standard InChI is InChI=1S/C14H10ClN3O3S2/c15-12-6-7-13(22-12)23(19,20)18-10-8-16-14(17-9-10)21-11-4-2-1-3-5-11/h1-9,18H. The van der Waals surface area contributed by atoms with Gasteiger partial charge >= 0.3 is 6.01 Å². The summed E-state index contributed by atoms with van der Waals surface area (Å²) in [4.78, 5) is 7.95. The van der Waals surface area contributed by atoms with E-state index in [0.29, 0.717) is 10.1 Å². The Morgan fingerprint density at radius 3 is 2.35 bits per heavy atom. The lowest BCUT2D eigenvalue weighted by Gasteiger charge is -2.06. The molecular weight excluding hydrogens is 358 g/mol. The predicted octanol–water partition coefficient (Wildman–Crippen LogP) is 3.78. The fourth-order valence-electron chi connectivity index (χ4n) is 1.66. The second-order valence-corrected chi connectivity index (χ2v) is 7.96.